The standard InChI is InChI=1S/C7H6ClN3O4S/c8-3-5-10-11-7(15-5)4-1-2-6(14-4)16(9,12)13/h1-2H,3H2,(H2,9,12,13). The minimum atomic E-state index is -3.87. The van der Waals surface area contributed by atoms with Crippen molar-refractivity contribution in [2.45, 2.75) is 11.0 Å². The van der Waals surface area contributed by atoms with Crippen LogP contribution in [0.4, 0.5) is 0 Å². The van der Waals surface area contributed by atoms with Gasteiger partial charge in [-0.25, -0.2) is 13.6 Å². The third-order valence-corrected chi connectivity index (χ3v) is 2.66. The second-order valence-corrected chi connectivity index (χ2v) is 4.56. The Hall–Kier alpha value is -1.38. The highest BCUT2D eigenvalue weighted by atomic mass is 35.5. The van der Waals surface area contributed by atoms with E-state index in [0.717, 1.165) is 0 Å². The fourth-order valence-corrected chi connectivity index (χ4v) is 1.57. The summed E-state index contributed by atoms with van der Waals surface area (Å²) >= 11 is 5.46. The summed E-state index contributed by atoms with van der Waals surface area (Å²) in [5.74, 6) is 0.444. The van der Waals surface area contributed by atoms with Crippen molar-refractivity contribution in [1.29, 1.82) is 0 Å². The van der Waals surface area contributed by atoms with E-state index in [9.17, 15) is 8.42 Å². The molecule has 86 valence electrons. The maximum atomic E-state index is 10.9. The molecule has 0 aliphatic rings. The predicted molar refractivity (Wildman–Crippen MR) is 52.9 cm³/mol. The Balaban J connectivity index is 2.39. The first kappa shape index (κ1) is 11.1. The predicted octanol–water partition coefficient (Wildman–Crippen LogP) is 0.716. The first-order valence-electron chi connectivity index (χ1n) is 4.02. The highest BCUT2D eigenvalue weighted by Crippen LogP contribution is 2.22. The minimum absolute atomic E-state index is 0.0468. The molecule has 0 aliphatic carbocycles. The van der Waals surface area contributed by atoms with Crippen LogP contribution in [0.15, 0.2) is 26.1 Å². The highest BCUT2D eigenvalue weighted by Gasteiger charge is 2.17. The van der Waals surface area contributed by atoms with Crippen molar-refractivity contribution in [2.75, 3.05) is 0 Å². The summed E-state index contributed by atoms with van der Waals surface area (Å²) in [5, 5.41) is 11.7. The van der Waals surface area contributed by atoms with Gasteiger partial charge in [0.25, 0.3) is 15.9 Å². The number of sulfonamides is 1. The summed E-state index contributed by atoms with van der Waals surface area (Å²) < 4.78 is 31.9. The number of rotatable bonds is 3. The van der Waals surface area contributed by atoms with Crippen molar-refractivity contribution in [2.24, 2.45) is 5.14 Å². The Bertz CT molecular complexity index is 603. The minimum Gasteiger partial charge on any atom is -0.438 e. The zero-order chi connectivity index (χ0) is 11.8. The molecular formula is C7H6ClN3O4S. The molecule has 2 heterocycles. The summed E-state index contributed by atoms with van der Waals surface area (Å²) in [4.78, 5) is 0. The zero-order valence-corrected chi connectivity index (χ0v) is 9.33. The van der Waals surface area contributed by atoms with E-state index in [1.54, 1.807) is 0 Å². The number of hydrogen-bond donors (Lipinski definition) is 1. The Kier molecular flexibility index (Phi) is 2.70. The molecule has 0 saturated carbocycles. The molecule has 0 aliphatic heterocycles. The molecule has 2 aromatic rings. The van der Waals surface area contributed by atoms with Gasteiger partial charge in [-0.3, -0.25) is 0 Å². The fraction of sp³-hybridized carbons (Fsp3) is 0.143. The highest BCUT2D eigenvalue weighted by molar-refractivity contribution is 7.89. The molecule has 0 bridgehead atoms. The lowest BCUT2D eigenvalue weighted by atomic mass is 10.5. The van der Waals surface area contributed by atoms with Gasteiger partial charge in [0.15, 0.2) is 5.76 Å². The summed E-state index contributed by atoms with van der Waals surface area (Å²) in [6.45, 7) is 0. The van der Waals surface area contributed by atoms with Gasteiger partial charge in [-0.2, -0.15) is 0 Å². The van der Waals surface area contributed by atoms with E-state index < -0.39 is 10.0 Å². The molecule has 0 saturated heterocycles. The quantitative estimate of drug-likeness (QED) is 0.816. The van der Waals surface area contributed by atoms with Crippen molar-refractivity contribution in [3.05, 3.63) is 18.0 Å². The van der Waals surface area contributed by atoms with Crippen molar-refractivity contribution in [1.82, 2.24) is 10.2 Å². The lowest BCUT2D eigenvalue weighted by Crippen LogP contribution is -2.10. The van der Waals surface area contributed by atoms with Crippen LogP contribution in [0, 0.1) is 0 Å². The monoisotopic (exact) mass is 263 g/mol. The van der Waals surface area contributed by atoms with Crippen LogP contribution >= 0.6 is 11.6 Å². The van der Waals surface area contributed by atoms with E-state index in [-0.39, 0.29) is 28.5 Å². The van der Waals surface area contributed by atoms with Gasteiger partial charge in [0.2, 0.25) is 11.0 Å². The van der Waals surface area contributed by atoms with Crippen LogP contribution in [0.25, 0.3) is 11.7 Å². The lowest BCUT2D eigenvalue weighted by molar-refractivity contribution is 0.437. The Labute approximate surface area is 95.3 Å². The molecule has 0 radical (unpaired) electrons. The molecule has 0 unspecified atom stereocenters. The van der Waals surface area contributed by atoms with Gasteiger partial charge in [-0.15, -0.1) is 21.8 Å². The van der Waals surface area contributed by atoms with Crippen LogP contribution in [0.1, 0.15) is 5.89 Å². The number of alkyl halides is 1. The van der Waals surface area contributed by atoms with Gasteiger partial charge >= 0.3 is 0 Å². The second kappa shape index (κ2) is 3.89. The van der Waals surface area contributed by atoms with Gasteiger partial charge in [0.1, 0.15) is 5.88 Å². The van der Waals surface area contributed by atoms with Gasteiger partial charge in [0, 0.05) is 0 Å². The fourth-order valence-electron chi connectivity index (χ4n) is 0.995. The average Bonchev–Trinajstić information content (AvgIpc) is 2.85. The van der Waals surface area contributed by atoms with Crippen LogP contribution < -0.4 is 5.14 Å². The van der Waals surface area contributed by atoms with Gasteiger partial charge < -0.3 is 8.83 Å². The van der Waals surface area contributed by atoms with E-state index in [2.05, 4.69) is 10.2 Å². The van der Waals surface area contributed by atoms with E-state index in [1.165, 1.54) is 12.1 Å². The molecule has 0 fully saturated rings. The zero-order valence-electron chi connectivity index (χ0n) is 7.75. The average molecular weight is 264 g/mol. The van der Waals surface area contributed by atoms with Crippen LogP contribution in [-0.4, -0.2) is 18.6 Å². The lowest BCUT2D eigenvalue weighted by Gasteiger charge is -1.90. The molecule has 9 heteroatoms. The first-order chi connectivity index (χ1) is 7.50. The van der Waals surface area contributed by atoms with Crippen LogP contribution in [-0.2, 0) is 15.9 Å². The molecule has 0 amide bonds. The second-order valence-electron chi connectivity index (χ2n) is 2.80. The smallest absolute Gasteiger partial charge is 0.283 e. The van der Waals surface area contributed by atoms with E-state index in [1.807, 2.05) is 0 Å². The van der Waals surface area contributed by atoms with Gasteiger partial charge in [0.05, 0.1) is 0 Å². The maximum absolute atomic E-state index is 10.9. The van der Waals surface area contributed by atoms with Gasteiger partial charge in [-0.05, 0) is 12.1 Å². The number of furan rings is 1. The Morgan fingerprint density at radius 2 is 2.06 bits per heavy atom. The molecule has 0 spiro atoms. The third kappa shape index (κ3) is 2.08. The number of aromatic nitrogens is 2. The summed E-state index contributed by atoms with van der Waals surface area (Å²) in [7, 11) is -3.87. The molecule has 0 atom stereocenters. The summed E-state index contributed by atoms with van der Waals surface area (Å²) in [6.07, 6.45) is 0. The molecule has 7 nitrogen and oxygen atoms in total. The van der Waals surface area contributed by atoms with Gasteiger partial charge in [-0.1, -0.05) is 0 Å². The number of halogens is 1. The first-order valence-corrected chi connectivity index (χ1v) is 6.10. The van der Waals surface area contributed by atoms with Crippen LogP contribution in [0.2, 0.25) is 0 Å². The van der Waals surface area contributed by atoms with Crippen molar-refractivity contribution in [3.63, 3.8) is 0 Å². The molecule has 16 heavy (non-hydrogen) atoms. The number of nitrogens with two attached hydrogens (primary N) is 1. The third-order valence-electron chi connectivity index (χ3n) is 1.65. The molecule has 2 rings (SSSR count). The van der Waals surface area contributed by atoms with E-state index >= 15 is 0 Å². The molecular weight excluding hydrogens is 258 g/mol. The molecule has 0 aromatic carbocycles. The van der Waals surface area contributed by atoms with E-state index in [0.29, 0.717) is 0 Å². The van der Waals surface area contributed by atoms with Crippen molar-refractivity contribution in [3.8, 4) is 11.7 Å². The molecule has 2 aromatic heterocycles. The Morgan fingerprint density at radius 3 is 2.56 bits per heavy atom. The van der Waals surface area contributed by atoms with E-state index in [4.69, 9.17) is 25.6 Å². The largest absolute Gasteiger partial charge is 0.438 e. The summed E-state index contributed by atoms with van der Waals surface area (Å²) in [5.41, 5.74) is 0. The van der Waals surface area contributed by atoms with Crippen LogP contribution in [0.3, 0.4) is 0 Å². The van der Waals surface area contributed by atoms with Crippen molar-refractivity contribution >= 4 is 21.6 Å². The SMILES string of the molecule is NS(=O)(=O)c1ccc(-c2nnc(CCl)o2)o1. The van der Waals surface area contributed by atoms with Crippen molar-refractivity contribution < 1.29 is 17.3 Å². The number of primary sulfonamides is 1. The number of hydrogen-bond acceptors (Lipinski definition) is 6. The number of nitrogens with zero attached hydrogens (tertiary/aromatic N) is 2. The maximum Gasteiger partial charge on any atom is 0.283 e. The summed E-state index contributed by atoms with van der Waals surface area (Å²) in [6, 6.07) is 2.57. The van der Waals surface area contributed by atoms with Crippen LogP contribution in [0.5, 0.6) is 0 Å². The normalized spacial score (nSPS) is 11.9. The Morgan fingerprint density at radius 1 is 1.31 bits per heavy atom. The topological polar surface area (TPSA) is 112 Å². The molecule has 2 N–H and O–H groups in total.